The van der Waals surface area contributed by atoms with Crippen LogP contribution in [-0.4, -0.2) is 28.6 Å². The summed E-state index contributed by atoms with van der Waals surface area (Å²) in [5.74, 6) is -1.06. The normalized spacial score (nSPS) is 11.8. The van der Waals surface area contributed by atoms with Crippen molar-refractivity contribution in [1.29, 1.82) is 0 Å². The van der Waals surface area contributed by atoms with Gasteiger partial charge in [0.05, 0.1) is 5.56 Å². The predicted octanol–water partition coefficient (Wildman–Crippen LogP) is 1.06. The first-order valence-corrected chi connectivity index (χ1v) is 4.22. The summed E-state index contributed by atoms with van der Waals surface area (Å²) in [6.07, 6.45) is -0.558. The highest BCUT2D eigenvalue weighted by atomic mass is 16.5. The SMILES string of the molecule is CC(Oc1ccc(O)cc1C=O)C(=O)O. The van der Waals surface area contributed by atoms with Gasteiger partial charge in [-0.1, -0.05) is 0 Å². The molecule has 0 saturated carbocycles. The first-order valence-electron chi connectivity index (χ1n) is 4.22. The third-order valence-corrected chi connectivity index (χ3v) is 1.77. The Morgan fingerprint density at radius 3 is 2.73 bits per heavy atom. The van der Waals surface area contributed by atoms with E-state index >= 15 is 0 Å². The third-order valence-electron chi connectivity index (χ3n) is 1.77. The molecule has 0 spiro atoms. The molecule has 1 unspecified atom stereocenters. The lowest BCUT2D eigenvalue weighted by molar-refractivity contribution is -0.144. The Morgan fingerprint density at radius 2 is 2.20 bits per heavy atom. The van der Waals surface area contributed by atoms with Crippen LogP contribution in [0.5, 0.6) is 11.5 Å². The van der Waals surface area contributed by atoms with Gasteiger partial charge >= 0.3 is 5.97 Å². The summed E-state index contributed by atoms with van der Waals surface area (Å²) in [6, 6.07) is 3.87. The Kier molecular flexibility index (Phi) is 3.28. The summed E-state index contributed by atoms with van der Waals surface area (Å²) in [5.41, 5.74) is 0.114. The molecule has 1 atom stereocenters. The maximum atomic E-state index is 10.6. The van der Waals surface area contributed by atoms with Gasteiger partial charge in [-0.05, 0) is 25.1 Å². The van der Waals surface area contributed by atoms with Crippen LogP contribution in [0.25, 0.3) is 0 Å². The number of aliphatic carboxylic acids is 1. The van der Waals surface area contributed by atoms with E-state index in [1.807, 2.05) is 0 Å². The molecule has 15 heavy (non-hydrogen) atoms. The number of ether oxygens (including phenoxy) is 1. The van der Waals surface area contributed by atoms with Gasteiger partial charge in [0.2, 0.25) is 0 Å². The van der Waals surface area contributed by atoms with Crippen LogP contribution in [0.3, 0.4) is 0 Å². The van der Waals surface area contributed by atoms with Crippen LogP contribution in [-0.2, 0) is 4.79 Å². The monoisotopic (exact) mass is 210 g/mol. The van der Waals surface area contributed by atoms with Crippen LogP contribution in [0.2, 0.25) is 0 Å². The van der Waals surface area contributed by atoms with Crippen molar-refractivity contribution >= 4 is 12.3 Å². The quantitative estimate of drug-likeness (QED) is 0.726. The van der Waals surface area contributed by atoms with Crippen molar-refractivity contribution in [3.8, 4) is 11.5 Å². The molecule has 2 N–H and O–H groups in total. The summed E-state index contributed by atoms with van der Waals surface area (Å²) in [4.78, 5) is 21.1. The molecule has 5 heteroatoms. The predicted molar refractivity (Wildman–Crippen MR) is 51.2 cm³/mol. The van der Waals surface area contributed by atoms with Crippen LogP contribution in [0.1, 0.15) is 17.3 Å². The van der Waals surface area contributed by atoms with Crippen molar-refractivity contribution in [2.24, 2.45) is 0 Å². The van der Waals surface area contributed by atoms with Crippen molar-refractivity contribution in [3.05, 3.63) is 23.8 Å². The van der Waals surface area contributed by atoms with E-state index in [4.69, 9.17) is 14.9 Å². The van der Waals surface area contributed by atoms with Gasteiger partial charge in [0.1, 0.15) is 11.5 Å². The van der Waals surface area contributed by atoms with E-state index < -0.39 is 12.1 Å². The lowest BCUT2D eigenvalue weighted by Crippen LogP contribution is -2.23. The number of phenolic OH excluding ortho intramolecular Hbond substituents is 1. The van der Waals surface area contributed by atoms with Crippen molar-refractivity contribution in [2.75, 3.05) is 0 Å². The number of hydrogen-bond donors (Lipinski definition) is 2. The van der Waals surface area contributed by atoms with Crippen molar-refractivity contribution in [3.63, 3.8) is 0 Å². The topological polar surface area (TPSA) is 83.8 Å². The molecule has 0 aromatic heterocycles. The molecule has 0 bridgehead atoms. The van der Waals surface area contributed by atoms with Gasteiger partial charge in [0.15, 0.2) is 12.4 Å². The summed E-state index contributed by atoms with van der Waals surface area (Å²) in [7, 11) is 0. The van der Waals surface area contributed by atoms with Crippen LogP contribution in [0, 0.1) is 0 Å². The van der Waals surface area contributed by atoms with E-state index in [-0.39, 0.29) is 17.1 Å². The number of carboxylic acids is 1. The maximum absolute atomic E-state index is 10.6. The third kappa shape index (κ3) is 2.70. The van der Waals surface area contributed by atoms with Crippen molar-refractivity contribution in [2.45, 2.75) is 13.0 Å². The minimum absolute atomic E-state index is 0.0765. The molecule has 0 amide bonds. The molecule has 0 saturated heterocycles. The van der Waals surface area contributed by atoms with Gasteiger partial charge in [-0.25, -0.2) is 4.79 Å². The van der Waals surface area contributed by atoms with Crippen LogP contribution < -0.4 is 4.74 Å². The van der Waals surface area contributed by atoms with Gasteiger partial charge in [0, 0.05) is 0 Å². The van der Waals surface area contributed by atoms with Gasteiger partial charge < -0.3 is 14.9 Å². The number of carbonyl (C=O) groups is 2. The second-order valence-electron chi connectivity index (χ2n) is 2.94. The number of benzene rings is 1. The zero-order chi connectivity index (χ0) is 11.4. The Balaban J connectivity index is 2.94. The van der Waals surface area contributed by atoms with E-state index in [0.717, 1.165) is 0 Å². The molecule has 0 aliphatic rings. The molecular weight excluding hydrogens is 200 g/mol. The van der Waals surface area contributed by atoms with E-state index in [9.17, 15) is 9.59 Å². The fourth-order valence-corrected chi connectivity index (χ4v) is 0.976. The number of hydrogen-bond acceptors (Lipinski definition) is 4. The summed E-state index contributed by atoms with van der Waals surface area (Å²) < 4.78 is 5.01. The van der Waals surface area contributed by atoms with E-state index in [0.29, 0.717) is 6.29 Å². The average molecular weight is 210 g/mol. The lowest BCUT2D eigenvalue weighted by Gasteiger charge is -2.11. The molecule has 80 valence electrons. The number of carbonyl (C=O) groups excluding carboxylic acids is 1. The molecule has 0 radical (unpaired) electrons. The molecule has 0 heterocycles. The van der Waals surface area contributed by atoms with Gasteiger partial charge in [-0.2, -0.15) is 0 Å². The van der Waals surface area contributed by atoms with E-state index in [2.05, 4.69) is 0 Å². The number of aldehydes is 1. The zero-order valence-corrected chi connectivity index (χ0v) is 8.01. The van der Waals surface area contributed by atoms with E-state index in [1.165, 1.54) is 25.1 Å². The number of phenols is 1. The number of carboxylic acid groups (broad SMARTS) is 1. The molecule has 1 aromatic carbocycles. The van der Waals surface area contributed by atoms with Crippen molar-refractivity contribution < 1.29 is 24.5 Å². The Labute approximate surface area is 85.9 Å². The largest absolute Gasteiger partial charge is 0.508 e. The molecule has 0 fully saturated rings. The smallest absolute Gasteiger partial charge is 0.344 e. The lowest BCUT2D eigenvalue weighted by atomic mass is 10.2. The summed E-state index contributed by atoms with van der Waals surface area (Å²) in [6.45, 7) is 1.35. The standard InChI is InChI=1S/C10H10O5/c1-6(10(13)14)15-9-3-2-8(12)4-7(9)5-11/h2-6,12H,1H3,(H,13,14). The Morgan fingerprint density at radius 1 is 1.53 bits per heavy atom. The van der Waals surface area contributed by atoms with Gasteiger partial charge in [0.25, 0.3) is 0 Å². The first kappa shape index (κ1) is 11.0. The minimum atomic E-state index is -1.13. The second-order valence-corrected chi connectivity index (χ2v) is 2.94. The van der Waals surface area contributed by atoms with Gasteiger partial charge in [-0.3, -0.25) is 4.79 Å². The Bertz CT molecular complexity index is 385. The Hall–Kier alpha value is -2.04. The fourth-order valence-electron chi connectivity index (χ4n) is 0.976. The highest BCUT2D eigenvalue weighted by Gasteiger charge is 2.14. The van der Waals surface area contributed by atoms with Crippen LogP contribution in [0.15, 0.2) is 18.2 Å². The van der Waals surface area contributed by atoms with E-state index in [1.54, 1.807) is 0 Å². The number of rotatable bonds is 4. The average Bonchev–Trinajstić information content (AvgIpc) is 2.20. The molecule has 1 aromatic rings. The van der Waals surface area contributed by atoms with Crippen molar-refractivity contribution in [1.82, 2.24) is 0 Å². The molecular formula is C10H10O5. The first-order chi connectivity index (χ1) is 7.04. The zero-order valence-electron chi connectivity index (χ0n) is 8.01. The summed E-state index contributed by atoms with van der Waals surface area (Å²) in [5, 5.41) is 17.7. The highest BCUT2D eigenvalue weighted by molar-refractivity contribution is 5.80. The fraction of sp³-hybridized carbons (Fsp3) is 0.200. The molecule has 1 rings (SSSR count). The van der Waals surface area contributed by atoms with Gasteiger partial charge in [-0.15, -0.1) is 0 Å². The maximum Gasteiger partial charge on any atom is 0.344 e. The molecule has 5 nitrogen and oxygen atoms in total. The molecule has 0 aliphatic carbocycles. The second kappa shape index (κ2) is 4.45. The highest BCUT2D eigenvalue weighted by Crippen LogP contribution is 2.22. The molecule has 0 aliphatic heterocycles. The number of aromatic hydroxyl groups is 1. The van der Waals surface area contributed by atoms with Crippen LogP contribution in [0.4, 0.5) is 0 Å². The minimum Gasteiger partial charge on any atom is -0.508 e. The van der Waals surface area contributed by atoms with Crippen LogP contribution >= 0.6 is 0 Å². The summed E-state index contributed by atoms with van der Waals surface area (Å²) >= 11 is 0.